The molecule has 1 aromatic carbocycles. The summed E-state index contributed by atoms with van der Waals surface area (Å²) in [5.74, 6) is 1.31. The third-order valence-electron chi connectivity index (χ3n) is 3.76. The first-order valence-corrected chi connectivity index (χ1v) is 7.98. The second-order valence-corrected chi connectivity index (χ2v) is 5.55. The van der Waals surface area contributed by atoms with Gasteiger partial charge in [0.15, 0.2) is 5.96 Å². The molecule has 116 valence electrons. The molecule has 1 aliphatic heterocycles. The number of rotatable bonds is 6. The van der Waals surface area contributed by atoms with Crippen molar-refractivity contribution in [1.82, 2.24) is 10.6 Å². The van der Waals surface area contributed by atoms with Crippen molar-refractivity contribution in [3.05, 3.63) is 35.9 Å². The molecular formula is C17H27N3O. The van der Waals surface area contributed by atoms with Crippen LogP contribution in [-0.4, -0.2) is 38.3 Å². The maximum atomic E-state index is 5.63. The molecule has 2 unspecified atom stereocenters. The van der Waals surface area contributed by atoms with Crippen LogP contribution in [0.4, 0.5) is 0 Å². The molecule has 0 saturated carbocycles. The number of hydrogen-bond acceptors (Lipinski definition) is 2. The summed E-state index contributed by atoms with van der Waals surface area (Å²) in [6, 6.07) is 10.5. The van der Waals surface area contributed by atoms with Crippen LogP contribution in [0, 0.1) is 0 Å². The molecule has 21 heavy (non-hydrogen) atoms. The van der Waals surface area contributed by atoms with Crippen molar-refractivity contribution in [1.29, 1.82) is 0 Å². The fourth-order valence-corrected chi connectivity index (χ4v) is 2.47. The number of hydrogen-bond donors (Lipinski definition) is 2. The number of nitrogens with zero attached hydrogens (tertiary/aromatic N) is 1. The van der Waals surface area contributed by atoms with E-state index in [1.807, 2.05) is 6.07 Å². The van der Waals surface area contributed by atoms with E-state index in [1.54, 1.807) is 0 Å². The van der Waals surface area contributed by atoms with Crippen molar-refractivity contribution in [3.8, 4) is 0 Å². The molecule has 1 aliphatic rings. The van der Waals surface area contributed by atoms with Crippen molar-refractivity contribution in [2.75, 3.05) is 26.2 Å². The zero-order valence-electron chi connectivity index (χ0n) is 13.1. The Bertz CT molecular complexity index is 427. The van der Waals surface area contributed by atoms with Gasteiger partial charge in [0.25, 0.3) is 0 Å². The maximum Gasteiger partial charge on any atom is 0.191 e. The van der Waals surface area contributed by atoms with Gasteiger partial charge in [0, 0.05) is 32.2 Å². The normalized spacial score (nSPS) is 20.3. The maximum absolute atomic E-state index is 5.63. The quantitative estimate of drug-likeness (QED) is 0.625. The van der Waals surface area contributed by atoms with E-state index in [4.69, 9.17) is 4.74 Å². The Balaban J connectivity index is 1.84. The van der Waals surface area contributed by atoms with E-state index in [0.717, 1.165) is 38.6 Å². The van der Waals surface area contributed by atoms with Crippen LogP contribution in [0.15, 0.2) is 35.3 Å². The Morgan fingerprint density at radius 3 is 2.81 bits per heavy atom. The first-order valence-electron chi connectivity index (χ1n) is 7.98. The zero-order valence-corrected chi connectivity index (χ0v) is 13.1. The zero-order chi connectivity index (χ0) is 14.9. The SMILES string of the molecule is CCNC(=NCC(C)c1ccccc1)NCC1CCCO1. The van der Waals surface area contributed by atoms with Crippen LogP contribution < -0.4 is 10.6 Å². The minimum Gasteiger partial charge on any atom is -0.376 e. The number of benzene rings is 1. The van der Waals surface area contributed by atoms with E-state index in [1.165, 1.54) is 12.0 Å². The first-order chi connectivity index (χ1) is 10.3. The van der Waals surface area contributed by atoms with Gasteiger partial charge in [0.1, 0.15) is 0 Å². The summed E-state index contributed by atoms with van der Waals surface area (Å²) >= 11 is 0. The van der Waals surface area contributed by atoms with Crippen molar-refractivity contribution < 1.29 is 4.74 Å². The fourth-order valence-electron chi connectivity index (χ4n) is 2.47. The van der Waals surface area contributed by atoms with Crippen LogP contribution in [0.1, 0.15) is 38.2 Å². The van der Waals surface area contributed by atoms with Crippen LogP contribution in [0.3, 0.4) is 0 Å². The van der Waals surface area contributed by atoms with Gasteiger partial charge in [-0.25, -0.2) is 0 Å². The molecule has 1 saturated heterocycles. The summed E-state index contributed by atoms with van der Waals surface area (Å²) in [6.07, 6.45) is 2.65. The Labute approximate surface area is 128 Å². The molecule has 4 nitrogen and oxygen atoms in total. The average molecular weight is 289 g/mol. The molecule has 0 bridgehead atoms. The van der Waals surface area contributed by atoms with Crippen LogP contribution in [-0.2, 0) is 4.74 Å². The second kappa shape index (κ2) is 8.67. The molecule has 0 aromatic heterocycles. The van der Waals surface area contributed by atoms with Gasteiger partial charge < -0.3 is 15.4 Å². The van der Waals surface area contributed by atoms with E-state index >= 15 is 0 Å². The first kappa shape index (κ1) is 15.8. The Morgan fingerprint density at radius 2 is 2.14 bits per heavy atom. The lowest BCUT2D eigenvalue weighted by atomic mass is 10.0. The highest BCUT2D eigenvalue weighted by molar-refractivity contribution is 5.79. The predicted octanol–water partition coefficient (Wildman–Crippen LogP) is 2.52. The van der Waals surface area contributed by atoms with Gasteiger partial charge in [-0.2, -0.15) is 0 Å². The van der Waals surface area contributed by atoms with Crippen molar-refractivity contribution in [2.24, 2.45) is 4.99 Å². The fraction of sp³-hybridized carbons (Fsp3) is 0.588. The monoisotopic (exact) mass is 289 g/mol. The predicted molar refractivity (Wildman–Crippen MR) is 87.8 cm³/mol. The molecule has 0 amide bonds. The van der Waals surface area contributed by atoms with E-state index in [2.05, 4.69) is 53.7 Å². The van der Waals surface area contributed by atoms with Crippen LogP contribution in [0.25, 0.3) is 0 Å². The van der Waals surface area contributed by atoms with Gasteiger partial charge in [-0.15, -0.1) is 0 Å². The van der Waals surface area contributed by atoms with Crippen LogP contribution >= 0.6 is 0 Å². The highest BCUT2D eigenvalue weighted by Gasteiger charge is 2.15. The van der Waals surface area contributed by atoms with Crippen molar-refractivity contribution >= 4 is 5.96 Å². The van der Waals surface area contributed by atoms with Gasteiger partial charge in [0.2, 0.25) is 0 Å². The third kappa shape index (κ3) is 5.38. The van der Waals surface area contributed by atoms with Crippen LogP contribution in [0.5, 0.6) is 0 Å². The van der Waals surface area contributed by atoms with E-state index in [-0.39, 0.29) is 0 Å². The molecule has 1 heterocycles. The number of ether oxygens (including phenoxy) is 1. The molecule has 4 heteroatoms. The highest BCUT2D eigenvalue weighted by Crippen LogP contribution is 2.14. The van der Waals surface area contributed by atoms with Gasteiger partial charge >= 0.3 is 0 Å². The van der Waals surface area contributed by atoms with E-state index in [0.29, 0.717) is 12.0 Å². The molecule has 2 rings (SSSR count). The number of nitrogens with one attached hydrogen (secondary N) is 2. The summed E-state index contributed by atoms with van der Waals surface area (Å²) in [7, 11) is 0. The lowest BCUT2D eigenvalue weighted by Gasteiger charge is -2.16. The second-order valence-electron chi connectivity index (χ2n) is 5.55. The number of aliphatic imine (C=N–C) groups is 1. The smallest absolute Gasteiger partial charge is 0.191 e. The summed E-state index contributed by atoms with van der Waals surface area (Å²) in [6.45, 7) is 7.69. The minimum absolute atomic E-state index is 0.334. The Kier molecular flexibility index (Phi) is 6.54. The summed E-state index contributed by atoms with van der Waals surface area (Å²) in [4.78, 5) is 4.69. The highest BCUT2D eigenvalue weighted by atomic mass is 16.5. The number of guanidine groups is 1. The summed E-state index contributed by atoms with van der Waals surface area (Å²) < 4.78 is 5.63. The van der Waals surface area contributed by atoms with E-state index in [9.17, 15) is 0 Å². The molecule has 0 radical (unpaired) electrons. The standard InChI is InChI=1S/C17H27N3O/c1-3-18-17(20-13-16-10-7-11-21-16)19-12-14(2)15-8-5-4-6-9-15/h4-6,8-9,14,16H,3,7,10-13H2,1-2H3,(H2,18,19,20). The van der Waals surface area contributed by atoms with Gasteiger partial charge in [-0.1, -0.05) is 37.3 Å². The molecule has 1 aromatic rings. The lowest BCUT2D eigenvalue weighted by molar-refractivity contribution is 0.114. The molecule has 1 fully saturated rings. The molecule has 0 aliphatic carbocycles. The van der Waals surface area contributed by atoms with Gasteiger partial charge in [-0.3, -0.25) is 4.99 Å². The van der Waals surface area contributed by atoms with Crippen molar-refractivity contribution in [3.63, 3.8) is 0 Å². The van der Waals surface area contributed by atoms with Crippen molar-refractivity contribution in [2.45, 2.75) is 38.7 Å². The minimum atomic E-state index is 0.334. The van der Waals surface area contributed by atoms with E-state index < -0.39 is 0 Å². The molecule has 2 atom stereocenters. The largest absolute Gasteiger partial charge is 0.376 e. The Morgan fingerprint density at radius 1 is 1.33 bits per heavy atom. The van der Waals surface area contributed by atoms with Crippen LogP contribution in [0.2, 0.25) is 0 Å². The Hall–Kier alpha value is -1.55. The lowest BCUT2D eigenvalue weighted by Crippen LogP contribution is -2.41. The molecule has 2 N–H and O–H groups in total. The summed E-state index contributed by atoms with van der Waals surface area (Å²) in [5, 5.41) is 6.68. The topological polar surface area (TPSA) is 45.7 Å². The summed E-state index contributed by atoms with van der Waals surface area (Å²) in [5.41, 5.74) is 1.33. The molecule has 0 spiro atoms. The molecular weight excluding hydrogens is 262 g/mol. The van der Waals surface area contributed by atoms with Gasteiger partial charge in [-0.05, 0) is 25.3 Å². The van der Waals surface area contributed by atoms with Gasteiger partial charge in [0.05, 0.1) is 6.10 Å². The average Bonchev–Trinajstić information content (AvgIpc) is 3.04. The third-order valence-corrected chi connectivity index (χ3v) is 3.76.